The lowest BCUT2D eigenvalue weighted by Gasteiger charge is -2.29. The molecular weight excluding hydrogens is 356 g/mol. The van der Waals surface area contributed by atoms with E-state index in [1.54, 1.807) is 11.8 Å². The molecule has 0 fully saturated rings. The van der Waals surface area contributed by atoms with E-state index in [2.05, 4.69) is 11.4 Å². The van der Waals surface area contributed by atoms with Crippen molar-refractivity contribution in [2.24, 2.45) is 0 Å². The first-order valence-electron chi connectivity index (χ1n) is 9.65. The molecule has 5 heteroatoms. The quantitative estimate of drug-likeness (QED) is 0.854. The molecule has 1 N–H and O–H groups in total. The molecule has 0 radical (unpaired) electrons. The van der Waals surface area contributed by atoms with Gasteiger partial charge < -0.3 is 10.2 Å². The normalized spacial score (nSPS) is 15.6. The van der Waals surface area contributed by atoms with Crippen LogP contribution < -0.4 is 10.2 Å². The maximum atomic E-state index is 12.7. The van der Waals surface area contributed by atoms with Gasteiger partial charge in [-0.1, -0.05) is 24.3 Å². The van der Waals surface area contributed by atoms with Crippen molar-refractivity contribution in [2.45, 2.75) is 43.4 Å². The van der Waals surface area contributed by atoms with Crippen molar-refractivity contribution >= 4 is 35.0 Å². The lowest BCUT2D eigenvalue weighted by Crippen LogP contribution is -2.35. The largest absolute Gasteiger partial charge is 0.326 e. The molecule has 4 nitrogen and oxygen atoms in total. The van der Waals surface area contributed by atoms with Gasteiger partial charge in [-0.2, -0.15) is 0 Å². The van der Waals surface area contributed by atoms with E-state index in [1.807, 2.05) is 41.3 Å². The summed E-state index contributed by atoms with van der Waals surface area (Å²) >= 11 is 1.78. The summed E-state index contributed by atoms with van der Waals surface area (Å²) in [7, 11) is 0. The maximum absolute atomic E-state index is 12.7. The summed E-state index contributed by atoms with van der Waals surface area (Å²) in [5.74, 6) is 0.834. The Morgan fingerprint density at radius 1 is 1.00 bits per heavy atom. The number of nitrogens with one attached hydrogen (secondary N) is 1. The summed E-state index contributed by atoms with van der Waals surface area (Å²) < 4.78 is 0. The van der Waals surface area contributed by atoms with Crippen LogP contribution in [0.25, 0.3) is 0 Å². The minimum absolute atomic E-state index is 0.0213. The van der Waals surface area contributed by atoms with E-state index in [1.165, 1.54) is 24.0 Å². The van der Waals surface area contributed by atoms with Crippen LogP contribution in [0.2, 0.25) is 0 Å². The molecular formula is C22H24N2O2S. The van der Waals surface area contributed by atoms with Crippen LogP contribution in [-0.4, -0.2) is 24.1 Å². The SMILES string of the molecule is O=C(CCC(=O)N1CCSc2ccccc21)Nc1cccc2c1CCCC2. The molecule has 0 unspecified atom stereocenters. The number of thioether (sulfide) groups is 1. The molecule has 0 saturated carbocycles. The Hall–Kier alpha value is -2.27. The molecule has 0 bridgehead atoms. The van der Waals surface area contributed by atoms with E-state index in [9.17, 15) is 9.59 Å². The molecule has 2 aromatic carbocycles. The number of hydrogen-bond acceptors (Lipinski definition) is 3. The van der Waals surface area contributed by atoms with Crippen molar-refractivity contribution in [3.8, 4) is 0 Å². The number of carbonyl (C=O) groups excluding carboxylic acids is 2. The van der Waals surface area contributed by atoms with Crippen LogP contribution >= 0.6 is 11.8 Å². The van der Waals surface area contributed by atoms with Crippen LogP contribution in [0.5, 0.6) is 0 Å². The Labute approximate surface area is 164 Å². The molecule has 1 aliphatic heterocycles. The van der Waals surface area contributed by atoms with Gasteiger partial charge in [0.1, 0.15) is 0 Å². The molecule has 2 aromatic rings. The zero-order valence-corrected chi connectivity index (χ0v) is 16.2. The van der Waals surface area contributed by atoms with Gasteiger partial charge in [-0.3, -0.25) is 9.59 Å². The monoisotopic (exact) mass is 380 g/mol. The number of nitrogens with zero attached hydrogens (tertiary/aromatic N) is 1. The Morgan fingerprint density at radius 3 is 2.78 bits per heavy atom. The smallest absolute Gasteiger partial charge is 0.227 e. The highest BCUT2D eigenvalue weighted by Gasteiger charge is 2.23. The Morgan fingerprint density at radius 2 is 1.85 bits per heavy atom. The maximum Gasteiger partial charge on any atom is 0.227 e. The fourth-order valence-corrected chi connectivity index (χ4v) is 4.89. The van der Waals surface area contributed by atoms with Crippen molar-refractivity contribution in [3.05, 3.63) is 53.6 Å². The van der Waals surface area contributed by atoms with E-state index in [0.29, 0.717) is 6.54 Å². The molecule has 27 heavy (non-hydrogen) atoms. The van der Waals surface area contributed by atoms with Crippen LogP contribution in [0, 0.1) is 0 Å². The number of hydrogen-bond donors (Lipinski definition) is 1. The van der Waals surface area contributed by atoms with Gasteiger partial charge in [-0.05, 0) is 55.0 Å². The highest BCUT2D eigenvalue weighted by molar-refractivity contribution is 7.99. The molecule has 0 spiro atoms. The van der Waals surface area contributed by atoms with E-state index in [-0.39, 0.29) is 24.7 Å². The van der Waals surface area contributed by atoms with Crippen LogP contribution in [-0.2, 0) is 22.4 Å². The summed E-state index contributed by atoms with van der Waals surface area (Å²) in [5.41, 5.74) is 4.50. The molecule has 0 saturated heterocycles. The van der Waals surface area contributed by atoms with Gasteiger partial charge in [0.25, 0.3) is 0 Å². The lowest BCUT2D eigenvalue weighted by molar-refractivity contribution is -0.122. The van der Waals surface area contributed by atoms with Crippen LogP contribution in [0.1, 0.15) is 36.8 Å². The predicted molar refractivity (Wildman–Crippen MR) is 110 cm³/mol. The topological polar surface area (TPSA) is 49.4 Å². The minimum atomic E-state index is -0.0815. The first-order valence-corrected chi connectivity index (χ1v) is 10.6. The van der Waals surface area contributed by atoms with Gasteiger partial charge in [0.05, 0.1) is 5.69 Å². The number of para-hydroxylation sites is 1. The van der Waals surface area contributed by atoms with E-state index >= 15 is 0 Å². The summed E-state index contributed by atoms with van der Waals surface area (Å²) in [4.78, 5) is 28.1. The number of fused-ring (bicyclic) bond motifs is 2. The molecule has 0 atom stereocenters. The zero-order chi connectivity index (χ0) is 18.6. The van der Waals surface area contributed by atoms with Crippen molar-refractivity contribution in [3.63, 3.8) is 0 Å². The number of carbonyl (C=O) groups is 2. The molecule has 1 heterocycles. The second kappa shape index (κ2) is 8.17. The highest BCUT2D eigenvalue weighted by atomic mass is 32.2. The number of anilines is 2. The van der Waals surface area contributed by atoms with Gasteiger partial charge in [-0.25, -0.2) is 0 Å². The standard InChI is InChI=1S/C22H24N2O2S/c25-21(23-18-9-5-7-16-6-1-2-8-17(16)18)12-13-22(26)24-14-15-27-20-11-4-3-10-19(20)24/h3-5,7,9-11H,1-2,6,8,12-15H2,(H,23,25). The molecule has 0 aromatic heterocycles. The van der Waals surface area contributed by atoms with Crippen molar-refractivity contribution in [1.29, 1.82) is 0 Å². The van der Waals surface area contributed by atoms with Gasteiger partial charge in [0.15, 0.2) is 0 Å². The van der Waals surface area contributed by atoms with Crippen LogP contribution in [0.15, 0.2) is 47.4 Å². The van der Waals surface area contributed by atoms with Gasteiger partial charge in [0.2, 0.25) is 11.8 Å². The van der Waals surface area contributed by atoms with Gasteiger partial charge in [-0.15, -0.1) is 11.8 Å². The zero-order valence-electron chi connectivity index (χ0n) is 15.4. The highest BCUT2D eigenvalue weighted by Crippen LogP contribution is 2.34. The third-order valence-electron chi connectivity index (χ3n) is 5.27. The third-order valence-corrected chi connectivity index (χ3v) is 6.31. The van der Waals surface area contributed by atoms with Crippen LogP contribution in [0.3, 0.4) is 0 Å². The molecule has 1 aliphatic carbocycles. The van der Waals surface area contributed by atoms with Crippen molar-refractivity contribution < 1.29 is 9.59 Å². The summed E-state index contributed by atoms with van der Waals surface area (Å²) in [6.45, 7) is 0.703. The Kier molecular flexibility index (Phi) is 5.48. The third kappa shape index (κ3) is 4.03. The number of rotatable bonds is 4. The molecule has 4 rings (SSSR count). The first kappa shape index (κ1) is 18.1. The van der Waals surface area contributed by atoms with Crippen molar-refractivity contribution in [2.75, 3.05) is 22.5 Å². The Bertz CT molecular complexity index is 865. The minimum Gasteiger partial charge on any atom is -0.326 e. The fraction of sp³-hybridized carbons (Fsp3) is 0.364. The second-order valence-corrected chi connectivity index (χ2v) is 8.20. The van der Waals surface area contributed by atoms with Gasteiger partial charge >= 0.3 is 0 Å². The van der Waals surface area contributed by atoms with E-state index < -0.39 is 0 Å². The fourth-order valence-electron chi connectivity index (χ4n) is 3.90. The summed E-state index contributed by atoms with van der Waals surface area (Å²) in [6, 6.07) is 14.1. The molecule has 2 aliphatic rings. The number of amides is 2. The van der Waals surface area contributed by atoms with Crippen LogP contribution in [0.4, 0.5) is 11.4 Å². The van der Waals surface area contributed by atoms with Crippen molar-refractivity contribution in [1.82, 2.24) is 0 Å². The van der Waals surface area contributed by atoms with E-state index in [4.69, 9.17) is 0 Å². The average molecular weight is 381 g/mol. The second-order valence-electron chi connectivity index (χ2n) is 7.06. The Balaban J connectivity index is 1.37. The predicted octanol–water partition coefficient (Wildman–Crippen LogP) is 4.42. The first-order chi connectivity index (χ1) is 13.2. The molecule has 140 valence electrons. The summed E-state index contributed by atoms with van der Waals surface area (Å²) in [6.07, 6.45) is 4.95. The number of benzene rings is 2. The molecule has 2 amide bonds. The average Bonchev–Trinajstić information content (AvgIpc) is 2.72. The van der Waals surface area contributed by atoms with E-state index in [0.717, 1.165) is 34.9 Å². The lowest BCUT2D eigenvalue weighted by atomic mass is 9.90. The summed E-state index contributed by atoms with van der Waals surface area (Å²) in [5, 5.41) is 3.03. The van der Waals surface area contributed by atoms with Gasteiger partial charge in [0, 0.05) is 35.7 Å². The number of aryl methyl sites for hydroxylation is 1.